The van der Waals surface area contributed by atoms with Crippen LogP contribution in [0.5, 0.6) is 17.2 Å². The van der Waals surface area contributed by atoms with Gasteiger partial charge in [-0.3, -0.25) is 0 Å². The van der Waals surface area contributed by atoms with Crippen molar-refractivity contribution in [3.8, 4) is 17.2 Å². The lowest BCUT2D eigenvalue weighted by Crippen LogP contribution is -2.30. The van der Waals surface area contributed by atoms with Crippen LogP contribution in [0.2, 0.25) is 5.02 Å². The second kappa shape index (κ2) is 6.07. The molecule has 0 radical (unpaired) electrons. The summed E-state index contributed by atoms with van der Waals surface area (Å²) >= 11 is 6.28. The maximum atomic E-state index is 9.68. The monoisotopic (exact) mass is 319 g/mol. The molecule has 0 amide bonds. The summed E-state index contributed by atoms with van der Waals surface area (Å²) in [6, 6.07) is 9.12. The number of phenolic OH excluding ortho intramolecular Hbond substituents is 1. The Hall–Kier alpha value is -1.91. The predicted octanol–water partition coefficient (Wildman–Crippen LogP) is 3.30. The fourth-order valence-electron chi connectivity index (χ4n) is 2.94. The van der Waals surface area contributed by atoms with Crippen molar-refractivity contribution < 1.29 is 14.6 Å². The van der Waals surface area contributed by atoms with Crippen molar-refractivity contribution in [3.05, 3.63) is 52.0 Å². The van der Waals surface area contributed by atoms with E-state index in [1.807, 2.05) is 18.2 Å². The minimum atomic E-state index is -0.0253. The minimum Gasteiger partial charge on any atom is -0.508 e. The molecule has 5 heteroatoms. The molecule has 1 aliphatic heterocycles. The second-order valence-electron chi connectivity index (χ2n) is 5.25. The van der Waals surface area contributed by atoms with Crippen LogP contribution in [0.3, 0.4) is 0 Å². The van der Waals surface area contributed by atoms with Crippen molar-refractivity contribution in [2.24, 2.45) is 0 Å². The van der Waals surface area contributed by atoms with E-state index in [1.54, 1.807) is 26.4 Å². The van der Waals surface area contributed by atoms with Crippen molar-refractivity contribution in [1.82, 2.24) is 5.32 Å². The predicted molar refractivity (Wildman–Crippen MR) is 86.2 cm³/mol. The molecule has 0 saturated heterocycles. The van der Waals surface area contributed by atoms with Gasteiger partial charge in [0.15, 0.2) is 0 Å². The molecule has 1 unspecified atom stereocenters. The van der Waals surface area contributed by atoms with Crippen molar-refractivity contribution in [2.75, 3.05) is 20.8 Å². The Balaban J connectivity index is 2.11. The Morgan fingerprint density at radius 2 is 1.86 bits per heavy atom. The maximum absolute atomic E-state index is 9.68. The smallest absolute Gasteiger partial charge is 0.141 e. The van der Waals surface area contributed by atoms with Crippen LogP contribution < -0.4 is 14.8 Å². The summed E-state index contributed by atoms with van der Waals surface area (Å²) in [7, 11) is 3.21. The quantitative estimate of drug-likeness (QED) is 0.911. The van der Waals surface area contributed by atoms with Gasteiger partial charge in [0.05, 0.1) is 25.3 Å². The van der Waals surface area contributed by atoms with Crippen molar-refractivity contribution >= 4 is 11.6 Å². The van der Waals surface area contributed by atoms with E-state index in [9.17, 15) is 5.11 Å². The molecule has 2 N–H and O–H groups in total. The second-order valence-corrected chi connectivity index (χ2v) is 5.66. The molecule has 4 nitrogen and oxygen atoms in total. The molecule has 1 atom stereocenters. The van der Waals surface area contributed by atoms with Crippen LogP contribution in [0.1, 0.15) is 22.7 Å². The highest BCUT2D eigenvalue weighted by Crippen LogP contribution is 2.40. The molecule has 1 heterocycles. The summed E-state index contributed by atoms with van der Waals surface area (Å²) in [6.45, 7) is 0.827. The van der Waals surface area contributed by atoms with Crippen LogP contribution in [-0.4, -0.2) is 25.9 Å². The van der Waals surface area contributed by atoms with Gasteiger partial charge in [0.1, 0.15) is 17.2 Å². The Labute approximate surface area is 134 Å². The number of nitrogens with one attached hydrogen (secondary N) is 1. The molecule has 2 aromatic carbocycles. The first-order valence-electron chi connectivity index (χ1n) is 7.10. The van der Waals surface area contributed by atoms with Gasteiger partial charge in [0.2, 0.25) is 0 Å². The van der Waals surface area contributed by atoms with Crippen LogP contribution >= 0.6 is 11.6 Å². The van der Waals surface area contributed by atoms with E-state index in [0.29, 0.717) is 16.5 Å². The van der Waals surface area contributed by atoms with E-state index in [0.717, 1.165) is 35.4 Å². The zero-order valence-electron chi connectivity index (χ0n) is 12.5. The number of rotatable bonds is 3. The maximum Gasteiger partial charge on any atom is 0.141 e. The third-order valence-electron chi connectivity index (χ3n) is 4.00. The fraction of sp³-hybridized carbons (Fsp3) is 0.294. The highest BCUT2D eigenvalue weighted by Gasteiger charge is 2.25. The first-order chi connectivity index (χ1) is 10.6. The summed E-state index contributed by atoms with van der Waals surface area (Å²) in [5.41, 5.74) is 3.22. The number of benzene rings is 2. The Morgan fingerprint density at radius 3 is 2.59 bits per heavy atom. The van der Waals surface area contributed by atoms with Gasteiger partial charge in [-0.05, 0) is 35.7 Å². The van der Waals surface area contributed by atoms with Crippen LogP contribution in [0.4, 0.5) is 0 Å². The van der Waals surface area contributed by atoms with Gasteiger partial charge in [-0.2, -0.15) is 0 Å². The molecule has 116 valence electrons. The normalized spacial score (nSPS) is 17.0. The molecule has 0 bridgehead atoms. The molecule has 0 aromatic heterocycles. The van der Waals surface area contributed by atoms with Gasteiger partial charge < -0.3 is 19.9 Å². The standard InChI is InChI=1S/C17H18ClNO3/c1-21-15-9-16(22-2)14(18)8-13(15)17-12-4-3-11(20)7-10(12)5-6-19-17/h3-4,7-9,17,19-20H,5-6H2,1-2H3. The third kappa shape index (κ3) is 2.60. The van der Waals surface area contributed by atoms with Gasteiger partial charge in [-0.1, -0.05) is 17.7 Å². The van der Waals surface area contributed by atoms with Crippen molar-refractivity contribution in [3.63, 3.8) is 0 Å². The lowest BCUT2D eigenvalue weighted by atomic mass is 9.89. The Morgan fingerprint density at radius 1 is 1.09 bits per heavy atom. The molecule has 1 aliphatic rings. The largest absolute Gasteiger partial charge is 0.508 e. The van der Waals surface area contributed by atoms with Gasteiger partial charge in [-0.25, -0.2) is 0 Å². The summed E-state index contributed by atoms with van der Waals surface area (Å²) in [6.07, 6.45) is 0.881. The van der Waals surface area contributed by atoms with Crippen molar-refractivity contribution in [1.29, 1.82) is 0 Å². The minimum absolute atomic E-state index is 0.0253. The van der Waals surface area contributed by atoms with Crippen LogP contribution in [0, 0.1) is 0 Å². The van der Waals surface area contributed by atoms with E-state index >= 15 is 0 Å². The van der Waals surface area contributed by atoms with E-state index in [2.05, 4.69) is 5.32 Å². The average Bonchev–Trinajstić information content (AvgIpc) is 2.53. The number of aromatic hydroxyl groups is 1. The Kier molecular flexibility index (Phi) is 4.14. The van der Waals surface area contributed by atoms with Crippen molar-refractivity contribution in [2.45, 2.75) is 12.5 Å². The zero-order valence-corrected chi connectivity index (χ0v) is 13.3. The summed E-state index contributed by atoms with van der Waals surface area (Å²) in [5.74, 6) is 1.60. The summed E-state index contributed by atoms with van der Waals surface area (Å²) in [5, 5.41) is 13.7. The van der Waals surface area contributed by atoms with Crippen LogP contribution in [0.15, 0.2) is 30.3 Å². The van der Waals surface area contributed by atoms with Gasteiger partial charge in [-0.15, -0.1) is 0 Å². The van der Waals surface area contributed by atoms with Crippen LogP contribution in [-0.2, 0) is 6.42 Å². The highest BCUT2D eigenvalue weighted by atomic mass is 35.5. The molecule has 3 rings (SSSR count). The number of hydrogen-bond acceptors (Lipinski definition) is 4. The number of halogens is 1. The Bertz CT molecular complexity index is 703. The SMILES string of the molecule is COc1cc(OC)c(C2NCCc3cc(O)ccc32)cc1Cl. The number of methoxy groups -OCH3 is 2. The first-order valence-corrected chi connectivity index (χ1v) is 7.48. The number of ether oxygens (including phenoxy) is 2. The van der Waals surface area contributed by atoms with E-state index in [1.165, 1.54) is 0 Å². The molecule has 0 aliphatic carbocycles. The van der Waals surface area contributed by atoms with E-state index in [-0.39, 0.29) is 6.04 Å². The number of hydrogen-bond donors (Lipinski definition) is 2. The fourth-order valence-corrected chi connectivity index (χ4v) is 3.19. The number of fused-ring (bicyclic) bond motifs is 1. The molecule has 0 fully saturated rings. The molecular weight excluding hydrogens is 302 g/mol. The lowest BCUT2D eigenvalue weighted by Gasteiger charge is -2.29. The topological polar surface area (TPSA) is 50.7 Å². The zero-order chi connectivity index (χ0) is 15.7. The average molecular weight is 320 g/mol. The molecule has 22 heavy (non-hydrogen) atoms. The van der Waals surface area contributed by atoms with Crippen LogP contribution in [0.25, 0.3) is 0 Å². The third-order valence-corrected chi connectivity index (χ3v) is 4.29. The van der Waals surface area contributed by atoms with Gasteiger partial charge in [0.25, 0.3) is 0 Å². The van der Waals surface area contributed by atoms with E-state index < -0.39 is 0 Å². The highest BCUT2D eigenvalue weighted by molar-refractivity contribution is 6.32. The van der Waals surface area contributed by atoms with Gasteiger partial charge >= 0.3 is 0 Å². The summed E-state index contributed by atoms with van der Waals surface area (Å²) in [4.78, 5) is 0. The first kappa shape index (κ1) is 15.0. The lowest BCUT2D eigenvalue weighted by molar-refractivity contribution is 0.386. The molecule has 2 aromatic rings. The summed E-state index contributed by atoms with van der Waals surface area (Å²) < 4.78 is 10.8. The molecular formula is C17H18ClNO3. The number of phenols is 1. The van der Waals surface area contributed by atoms with Gasteiger partial charge in [0, 0.05) is 18.2 Å². The molecule has 0 spiro atoms. The van der Waals surface area contributed by atoms with E-state index in [4.69, 9.17) is 21.1 Å². The molecule has 0 saturated carbocycles.